The van der Waals surface area contributed by atoms with Crippen LogP contribution >= 0.6 is 0 Å². The van der Waals surface area contributed by atoms with E-state index in [1.165, 1.54) is 0 Å². The van der Waals surface area contributed by atoms with Crippen molar-refractivity contribution in [1.29, 1.82) is 0 Å². The molecule has 0 aliphatic carbocycles. The van der Waals surface area contributed by atoms with Gasteiger partial charge < -0.3 is 14.9 Å². The first-order valence-electron chi connectivity index (χ1n) is 4.77. The van der Waals surface area contributed by atoms with Crippen LogP contribution in [0, 0.1) is 0 Å². The lowest BCUT2D eigenvalue weighted by molar-refractivity contribution is 0.345. The van der Waals surface area contributed by atoms with Gasteiger partial charge in [-0.3, -0.25) is 0 Å². The van der Waals surface area contributed by atoms with Crippen molar-refractivity contribution < 1.29 is 10.0 Å². The number of nitrogens with zero attached hydrogens (tertiary/aromatic N) is 1. The zero-order valence-electron chi connectivity index (χ0n) is 8.64. The van der Waals surface area contributed by atoms with Crippen molar-refractivity contribution >= 4 is 12.6 Å². The molecule has 0 aromatic heterocycles. The monoisotopic (exact) mass is 193 g/mol. The zero-order valence-corrected chi connectivity index (χ0v) is 8.64. The predicted molar refractivity (Wildman–Crippen MR) is 58.3 cm³/mol. The van der Waals surface area contributed by atoms with Gasteiger partial charge in [-0.15, -0.1) is 0 Å². The van der Waals surface area contributed by atoms with Crippen molar-refractivity contribution in [3.05, 3.63) is 29.8 Å². The third kappa shape index (κ3) is 2.84. The molecular weight excluding hydrogens is 177 g/mol. The molecule has 0 heterocycles. The minimum absolute atomic E-state index is 0.591. The molecule has 0 unspecified atom stereocenters. The maximum atomic E-state index is 9.13. The van der Waals surface area contributed by atoms with Crippen LogP contribution in [-0.2, 0) is 6.54 Å². The van der Waals surface area contributed by atoms with Gasteiger partial charge in [-0.05, 0) is 24.6 Å². The predicted octanol–water partition coefficient (Wildman–Crippen LogP) is -0.182. The van der Waals surface area contributed by atoms with Gasteiger partial charge in [-0.25, -0.2) is 0 Å². The highest BCUT2D eigenvalue weighted by molar-refractivity contribution is 6.59. The second-order valence-corrected chi connectivity index (χ2v) is 3.40. The maximum Gasteiger partial charge on any atom is 0.488 e. The molecule has 3 nitrogen and oxygen atoms in total. The van der Waals surface area contributed by atoms with Crippen LogP contribution in [0.2, 0.25) is 0 Å². The molecule has 4 heteroatoms. The van der Waals surface area contributed by atoms with Gasteiger partial charge in [0.05, 0.1) is 0 Å². The lowest BCUT2D eigenvalue weighted by Gasteiger charge is -2.16. The van der Waals surface area contributed by atoms with E-state index in [-0.39, 0.29) is 0 Å². The molecular formula is C10H16BNO2. The summed E-state index contributed by atoms with van der Waals surface area (Å²) in [5, 5.41) is 18.3. The first kappa shape index (κ1) is 11.2. The Hall–Kier alpha value is -0.835. The Morgan fingerprint density at radius 1 is 1.29 bits per heavy atom. The first-order valence-corrected chi connectivity index (χ1v) is 4.77. The summed E-state index contributed by atoms with van der Waals surface area (Å²) in [6.07, 6.45) is 0. The number of hydrogen-bond acceptors (Lipinski definition) is 3. The summed E-state index contributed by atoms with van der Waals surface area (Å²) in [5.74, 6) is 0. The van der Waals surface area contributed by atoms with E-state index in [9.17, 15) is 0 Å². The zero-order chi connectivity index (χ0) is 10.6. The molecule has 0 radical (unpaired) electrons. The van der Waals surface area contributed by atoms with E-state index in [1.807, 2.05) is 25.2 Å². The Kier molecular flexibility index (Phi) is 4.13. The van der Waals surface area contributed by atoms with Crippen LogP contribution in [0.5, 0.6) is 0 Å². The molecule has 0 aliphatic rings. The van der Waals surface area contributed by atoms with Crippen molar-refractivity contribution in [3.63, 3.8) is 0 Å². The molecule has 0 saturated carbocycles. The van der Waals surface area contributed by atoms with Crippen LogP contribution in [0.3, 0.4) is 0 Å². The molecule has 0 aliphatic heterocycles. The SMILES string of the molecule is CCN(C)Cc1ccccc1B(O)O. The summed E-state index contributed by atoms with van der Waals surface area (Å²) in [7, 11) is 0.622. The molecule has 0 amide bonds. The summed E-state index contributed by atoms with van der Waals surface area (Å²) < 4.78 is 0. The first-order chi connectivity index (χ1) is 6.65. The standard InChI is InChI=1S/C10H16BNO2/c1-3-12(2)8-9-6-4-5-7-10(9)11(13)14/h4-7,13-14H,3,8H2,1-2H3. The Morgan fingerprint density at radius 3 is 2.50 bits per heavy atom. The topological polar surface area (TPSA) is 43.7 Å². The summed E-state index contributed by atoms with van der Waals surface area (Å²) in [6, 6.07) is 7.37. The lowest BCUT2D eigenvalue weighted by atomic mass is 9.77. The van der Waals surface area contributed by atoms with Gasteiger partial charge in [-0.1, -0.05) is 31.2 Å². The molecule has 1 rings (SSSR count). The molecule has 1 aromatic carbocycles. The largest absolute Gasteiger partial charge is 0.488 e. The van der Waals surface area contributed by atoms with E-state index in [2.05, 4.69) is 11.8 Å². The van der Waals surface area contributed by atoms with Crippen LogP contribution in [0.1, 0.15) is 12.5 Å². The normalized spacial score (nSPS) is 10.6. The van der Waals surface area contributed by atoms with Gasteiger partial charge in [0.2, 0.25) is 0 Å². The van der Waals surface area contributed by atoms with Gasteiger partial charge in [-0.2, -0.15) is 0 Å². The molecule has 0 spiro atoms. The van der Waals surface area contributed by atoms with Gasteiger partial charge in [0.15, 0.2) is 0 Å². The van der Waals surface area contributed by atoms with Crippen molar-refractivity contribution in [2.75, 3.05) is 13.6 Å². The van der Waals surface area contributed by atoms with E-state index < -0.39 is 7.12 Å². The summed E-state index contributed by atoms with van der Waals surface area (Å²) in [4.78, 5) is 2.11. The average molecular weight is 193 g/mol. The lowest BCUT2D eigenvalue weighted by Crippen LogP contribution is -2.34. The van der Waals surface area contributed by atoms with Gasteiger partial charge in [0.25, 0.3) is 0 Å². The second kappa shape index (κ2) is 5.15. The number of benzene rings is 1. The highest BCUT2D eigenvalue weighted by Gasteiger charge is 2.15. The van der Waals surface area contributed by atoms with E-state index in [1.54, 1.807) is 6.07 Å². The Balaban J connectivity index is 2.84. The van der Waals surface area contributed by atoms with Gasteiger partial charge in [0.1, 0.15) is 0 Å². The summed E-state index contributed by atoms with van der Waals surface area (Å²) in [5.41, 5.74) is 1.56. The molecule has 76 valence electrons. The Labute approximate surface area is 85.1 Å². The minimum atomic E-state index is -1.38. The van der Waals surface area contributed by atoms with Crippen molar-refractivity contribution in [2.24, 2.45) is 0 Å². The fourth-order valence-electron chi connectivity index (χ4n) is 1.33. The fourth-order valence-corrected chi connectivity index (χ4v) is 1.33. The van der Waals surface area contributed by atoms with Crippen LogP contribution in [0.4, 0.5) is 0 Å². The van der Waals surface area contributed by atoms with Crippen molar-refractivity contribution in [2.45, 2.75) is 13.5 Å². The molecule has 2 N–H and O–H groups in total. The van der Waals surface area contributed by atoms with E-state index in [4.69, 9.17) is 10.0 Å². The van der Waals surface area contributed by atoms with E-state index in [0.717, 1.165) is 18.7 Å². The number of rotatable bonds is 4. The third-order valence-corrected chi connectivity index (χ3v) is 2.31. The third-order valence-electron chi connectivity index (χ3n) is 2.31. The number of hydrogen-bond donors (Lipinski definition) is 2. The quantitative estimate of drug-likeness (QED) is 0.652. The van der Waals surface area contributed by atoms with Crippen LogP contribution in [-0.4, -0.2) is 35.7 Å². The molecule has 1 aromatic rings. The Bertz CT molecular complexity index is 291. The minimum Gasteiger partial charge on any atom is -0.423 e. The molecule has 0 saturated heterocycles. The summed E-state index contributed by atoms with van der Waals surface area (Å²) >= 11 is 0. The van der Waals surface area contributed by atoms with Crippen molar-refractivity contribution in [1.82, 2.24) is 4.90 Å². The average Bonchev–Trinajstić information content (AvgIpc) is 2.18. The van der Waals surface area contributed by atoms with Crippen molar-refractivity contribution in [3.8, 4) is 0 Å². The maximum absolute atomic E-state index is 9.13. The van der Waals surface area contributed by atoms with Crippen LogP contribution in [0.25, 0.3) is 0 Å². The highest BCUT2D eigenvalue weighted by atomic mass is 16.4. The molecule has 0 atom stereocenters. The van der Waals surface area contributed by atoms with Gasteiger partial charge >= 0.3 is 7.12 Å². The fraction of sp³-hybridized carbons (Fsp3) is 0.400. The van der Waals surface area contributed by atoms with Crippen LogP contribution in [0.15, 0.2) is 24.3 Å². The second-order valence-electron chi connectivity index (χ2n) is 3.40. The van der Waals surface area contributed by atoms with Gasteiger partial charge in [0, 0.05) is 6.54 Å². The molecule has 0 fully saturated rings. The molecule has 0 bridgehead atoms. The highest BCUT2D eigenvalue weighted by Crippen LogP contribution is 2.00. The smallest absolute Gasteiger partial charge is 0.423 e. The van der Waals surface area contributed by atoms with Crippen LogP contribution < -0.4 is 5.46 Å². The molecule has 14 heavy (non-hydrogen) atoms. The Morgan fingerprint density at radius 2 is 1.93 bits per heavy atom. The van der Waals surface area contributed by atoms with E-state index >= 15 is 0 Å². The van der Waals surface area contributed by atoms with E-state index in [0.29, 0.717) is 5.46 Å². The summed E-state index contributed by atoms with van der Waals surface area (Å²) in [6.45, 7) is 3.75.